The van der Waals surface area contributed by atoms with Crippen molar-refractivity contribution in [1.29, 1.82) is 0 Å². The third-order valence-electron chi connectivity index (χ3n) is 3.25. The van der Waals surface area contributed by atoms with Crippen LogP contribution in [0.1, 0.15) is 25.5 Å². The Labute approximate surface area is 138 Å². The van der Waals surface area contributed by atoms with Gasteiger partial charge in [0.15, 0.2) is 11.6 Å². The van der Waals surface area contributed by atoms with Crippen LogP contribution >= 0.6 is 0 Å². The smallest absolute Gasteiger partial charge is 0.319 e. The van der Waals surface area contributed by atoms with Crippen molar-refractivity contribution in [2.24, 2.45) is 0 Å². The standard InChI is InChI=1S/C17H17F2N3O2/c1-10(12-3-8-15(18)16(19)9-12)20-17(24)22-14-6-4-13(5-7-14)21-11(2)23/h3-10H,1-2H3,(H,21,23)(H2,20,22,24)/t10-/m0/s1. The molecule has 126 valence electrons. The van der Waals surface area contributed by atoms with Crippen molar-refractivity contribution < 1.29 is 18.4 Å². The molecule has 0 aromatic heterocycles. The van der Waals surface area contributed by atoms with Crippen LogP contribution in [0.15, 0.2) is 42.5 Å². The zero-order valence-corrected chi connectivity index (χ0v) is 13.2. The molecular weight excluding hydrogens is 316 g/mol. The molecular formula is C17H17F2N3O2. The van der Waals surface area contributed by atoms with E-state index in [1.807, 2.05) is 0 Å². The molecule has 0 radical (unpaired) electrons. The highest BCUT2D eigenvalue weighted by Gasteiger charge is 2.12. The number of carbonyl (C=O) groups is 2. The summed E-state index contributed by atoms with van der Waals surface area (Å²) in [5.41, 5.74) is 1.59. The Balaban J connectivity index is 1.94. The highest BCUT2D eigenvalue weighted by atomic mass is 19.2. The van der Waals surface area contributed by atoms with Crippen LogP contribution in [0, 0.1) is 11.6 Å². The summed E-state index contributed by atoms with van der Waals surface area (Å²) in [5, 5.41) is 7.86. The topological polar surface area (TPSA) is 70.2 Å². The second kappa shape index (κ2) is 7.54. The normalized spacial score (nSPS) is 11.5. The summed E-state index contributed by atoms with van der Waals surface area (Å²) in [5.74, 6) is -2.08. The number of halogens is 2. The number of nitrogens with one attached hydrogen (secondary N) is 3. The van der Waals surface area contributed by atoms with Crippen molar-refractivity contribution in [2.75, 3.05) is 10.6 Å². The quantitative estimate of drug-likeness (QED) is 0.796. The molecule has 0 aliphatic rings. The summed E-state index contributed by atoms with van der Waals surface area (Å²) in [4.78, 5) is 22.9. The van der Waals surface area contributed by atoms with Crippen molar-refractivity contribution in [1.82, 2.24) is 5.32 Å². The van der Waals surface area contributed by atoms with Crippen LogP contribution in [0.2, 0.25) is 0 Å². The molecule has 24 heavy (non-hydrogen) atoms. The van der Waals surface area contributed by atoms with Gasteiger partial charge >= 0.3 is 6.03 Å². The molecule has 2 aromatic rings. The lowest BCUT2D eigenvalue weighted by atomic mass is 10.1. The van der Waals surface area contributed by atoms with E-state index in [2.05, 4.69) is 16.0 Å². The fraction of sp³-hybridized carbons (Fsp3) is 0.176. The third-order valence-corrected chi connectivity index (χ3v) is 3.25. The first kappa shape index (κ1) is 17.4. The van der Waals surface area contributed by atoms with Gasteiger partial charge in [0, 0.05) is 18.3 Å². The Hall–Kier alpha value is -2.96. The second-order valence-corrected chi connectivity index (χ2v) is 5.25. The minimum atomic E-state index is -0.963. The lowest BCUT2D eigenvalue weighted by Gasteiger charge is -2.15. The molecule has 2 rings (SSSR count). The van der Waals surface area contributed by atoms with Crippen molar-refractivity contribution in [2.45, 2.75) is 19.9 Å². The predicted molar refractivity (Wildman–Crippen MR) is 87.7 cm³/mol. The SMILES string of the molecule is CC(=O)Nc1ccc(NC(=O)N[C@@H](C)c2ccc(F)c(F)c2)cc1. The van der Waals surface area contributed by atoms with Gasteiger partial charge in [-0.2, -0.15) is 0 Å². The fourth-order valence-corrected chi connectivity index (χ4v) is 2.07. The van der Waals surface area contributed by atoms with E-state index >= 15 is 0 Å². The molecule has 0 bridgehead atoms. The molecule has 5 nitrogen and oxygen atoms in total. The van der Waals surface area contributed by atoms with E-state index in [-0.39, 0.29) is 5.91 Å². The molecule has 3 amide bonds. The van der Waals surface area contributed by atoms with E-state index in [9.17, 15) is 18.4 Å². The first-order chi connectivity index (χ1) is 11.3. The van der Waals surface area contributed by atoms with Crippen LogP contribution < -0.4 is 16.0 Å². The molecule has 0 aliphatic carbocycles. The Morgan fingerprint density at radius 3 is 2.04 bits per heavy atom. The lowest BCUT2D eigenvalue weighted by molar-refractivity contribution is -0.114. The van der Waals surface area contributed by atoms with Gasteiger partial charge in [0.25, 0.3) is 0 Å². The average Bonchev–Trinajstić information content (AvgIpc) is 2.51. The van der Waals surface area contributed by atoms with Crippen LogP contribution in [-0.2, 0) is 4.79 Å². The molecule has 1 atom stereocenters. The Kier molecular flexibility index (Phi) is 5.47. The van der Waals surface area contributed by atoms with Crippen LogP contribution in [0.3, 0.4) is 0 Å². The van der Waals surface area contributed by atoms with E-state index in [0.717, 1.165) is 12.1 Å². The van der Waals surface area contributed by atoms with Gasteiger partial charge in [0.1, 0.15) is 0 Å². The maximum atomic E-state index is 13.2. The lowest BCUT2D eigenvalue weighted by Crippen LogP contribution is -2.31. The maximum absolute atomic E-state index is 13.2. The van der Waals surface area contributed by atoms with Gasteiger partial charge in [-0.1, -0.05) is 6.07 Å². The Morgan fingerprint density at radius 1 is 0.917 bits per heavy atom. The monoisotopic (exact) mass is 333 g/mol. The molecule has 0 fully saturated rings. The number of amides is 3. The maximum Gasteiger partial charge on any atom is 0.319 e. The van der Waals surface area contributed by atoms with Gasteiger partial charge in [0.2, 0.25) is 5.91 Å². The molecule has 7 heteroatoms. The molecule has 0 saturated heterocycles. The third kappa shape index (κ3) is 4.77. The zero-order valence-electron chi connectivity index (χ0n) is 13.2. The van der Waals surface area contributed by atoms with Gasteiger partial charge in [-0.3, -0.25) is 4.79 Å². The molecule has 3 N–H and O–H groups in total. The first-order valence-corrected chi connectivity index (χ1v) is 7.25. The van der Waals surface area contributed by atoms with E-state index in [1.54, 1.807) is 31.2 Å². The number of benzene rings is 2. The molecule has 2 aromatic carbocycles. The van der Waals surface area contributed by atoms with Gasteiger partial charge in [-0.05, 0) is 48.9 Å². The van der Waals surface area contributed by atoms with Crippen molar-refractivity contribution >= 4 is 23.3 Å². The zero-order chi connectivity index (χ0) is 17.7. The van der Waals surface area contributed by atoms with Gasteiger partial charge in [-0.15, -0.1) is 0 Å². The van der Waals surface area contributed by atoms with Crippen molar-refractivity contribution in [3.63, 3.8) is 0 Å². The summed E-state index contributed by atoms with van der Waals surface area (Å²) < 4.78 is 26.1. The largest absolute Gasteiger partial charge is 0.331 e. The van der Waals surface area contributed by atoms with Crippen molar-refractivity contribution in [3.05, 3.63) is 59.7 Å². The first-order valence-electron chi connectivity index (χ1n) is 7.25. The summed E-state index contributed by atoms with van der Waals surface area (Å²) in [7, 11) is 0. The molecule has 0 saturated carbocycles. The molecule has 0 aliphatic heterocycles. The summed E-state index contributed by atoms with van der Waals surface area (Å²) in [6.07, 6.45) is 0. The molecule has 0 spiro atoms. The summed E-state index contributed by atoms with van der Waals surface area (Å²) in [6.45, 7) is 3.06. The van der Waals surface area contributed by atoms with Crippen LogP contribution in [-0.4, -0.2) is 11.9 Å². The van der Waals surface area contributed by atoms with Crippen LogP contribution in [0.5, 0.6) is 0 Å². The predicted octanol–water partition coefficient (Wildman–Crippen LogP) is 3.81. The molecule has 0 heterocycles. The number of urea groups is 1. The van der Waals surface area contributed by atoms with Crippen molar-refractivity contribution in [3.8, 4) is 0 Å². The van der Waals surface area contributed by atoms with E-state index in [1.165, 1.54) is 13.0 Å². The highest BCUT2D eigenvalue weighted by molar-refractivity contribution is 5.91. The summed E-state index contributed by atoms with van der Waals surface area (Å²) in [6, 6.07) is 9.04. The number of hydrogen-bond donors (Lipinski definition) is 3. The van der Waals surface area contributed by atoms with Gasteiger partial charge in [0.05, 0.1) is 6.04 Å². The van der Waals surface area contributed by atoms with Crippen LogP contribution in [0.25, 0.3) is 0 Å². The number of anilines is 2. The van der Waals surface area contributed by atoms with Crippen LogP contribution in [0.4, 0.5) is 25.0 Å². The number of carbonyl (C=O) groups excluding carboxylic acids is 2. The number of hydrogen-bond acceptors (Lipinski definition) is 2. The summed E-state index contributed by atoms with van der Waals surface area (Å²) >= 11 is 0. The van der Waals surface area contributed by atoms with E-state index < -0.39 is 23.7 Å². The Bertz CT molecular complexity index is 748. The highest BCUT2D eigenvalue weighted by Crippen LogP contribution is 2.17. The molecule has 0 unspecified atom stereocenters. The Morgan fingerprint density at radius 2 is 1.50 bits per heavy atom. The van der Waals surface area contributed by atoms with Gasteiger partial charge in [-0.25, -0.2) is 13.6 Å². The second-order valence-electron chi connectivity index (χ2n) is 5.25. The minimum Gasteiger partial charge on any atom is -0.331 e. The van der Waals surface area contributed by atoms with E-state index in [4.69, 9.17) is 0 Å². The fourth-order valence-electron chi connectivity index (χ4n) is 2.07. The number of rotatable bonds is 4. The van der Waals surface area contributed by atoms with Gasteiger partial charge < -0.3 is 16.0 Å². The average molecular weight is 333 g/mol. The minimum absolute atomic E-state index is 0.186. The van der Waals surface area contributed by atoms with E-state index in [0.29, 0.717) is 16.9 Å².